The summed E-state index contributed by atoms with van der Waals surface area (Å²) in [5.41, 5.74) is 0.873. The zero-order valence-corrected chi connectivity index (χ0v) is 12.3. The molecule has 18 heavy (non-hydrogen) atoms. The Hall–Kier alpha value is -0.650. The lowest BCUT2D eigenvalue weighted by Gasteiger charge is -2.28. The van der Waals surface area contributed by atoms with E-state index in [0.717, 1.165) is 35.9 Å². The van der Waals surface area contributed by atoms with Gasteiger partial charge in [0.15, 0.2) is 5.16 Å². The third-order valence-electron chi connectivity index (χ3n) is 2.79. The van der Waals surface area contributed by atoms with Gasteiger partial charge >= 0.3 is 0 Å². The van der Waals surface area contributed by atoms with Gasteiger partial charge in [0.05, 0.1) is 6.61 Å². The van der Waals surface area contributed by atoms with E-state index in [-0.39, 0.29) is 12.1 Å². The maximum atomic E-state index is 9.44. The fourth-order valence-electron chi connectivity index (χ4n) is 1.47. The molecular weight excluding hydrogens is 246 g/mol. The number of nitrogens with zero attached hydrogens (tertiary/aromatic N) is 2. The molecule has 4 nitrogen and oxygen atoms in total. The van der Waals surface area contributed by atoms with Gasteiger partial charge in [-0.2, -0.15) is 0 Å². The molecule has 1 rings (SSSR count). The Morgan fingerprint density at radius 2 is 2.06 bits per heavy atom. The molecule has 0 spiro atoms. The molecular formula is C13H23N3OS. The summed E-state index contributed by atoms with van der Waals surface area (Å²) >= 11 is 1.63. The van der Waals surface area contributed by atoms with Crippen LogP contribution in [0.4, 0.5) is 0 Å². The second kappa shape index (κ2) is 7.71. The van der Waals surface area contributed by atoms with Crippen LogP contribution in [0.15, 0.2) is 17.6 Å². The zero-order chi connectivity index (χ0) is 13.4. The second-order valence-electron chi connectivity index (χ2n) is 4.79. The van der Waals surface area contributed by atoms with Crippen molar-refractivity contribution in [1.82, 2.24) is 15.3 Å². The Morgan fingerprint density at radius 3 is 2.61 bits per heavy atom. The van der Waals surface area contributed by atoms with Crippen molar-refractivity contribution in [2.45, 2.75) is 44.3 Å². The molecule has 102 valence electrons. The van der Waals surface area contributed by atoms with Crippen LogP contribution < -0.4 is 5.32 Å². The number of thioether (sulfide) groups is 1. The van der Waals surface area contributed by atoms with Gasteiger partial charge < -0.3 is 10.4 Å². The highest BCUT2D eigenvalue weighted by molar-refractivity contribution is 7.99. The first-order valence-electron chi connectivity index (χ1n) is 6.37. The first kappa shape index (κ1) is 15.4. The van der Waals surface area contributed by atoms with Crippen LogP contribution in [-0.4, -0.2) is 39.5 Å². The fourth-order valence-corrected chi connectivity index (χ4v) is 2.46. The summed E-state index contributed by atoms with van der Waals surface area (Å²) in [6, 6.07) is 0. The van der Waals surface area contributed by atoms with E-state index in [1.807, 2.05) is 19.3 Å². The summed E-state index contributed by atoms with van der Waals surface area (Å²) < 4.78 is 0. The van der Waals surface area contributed by atoms with Gasteiger partial charge in [0.25, 0.3) is 0 Å². The van der Waals surface area contributed by atoms with Crippen molar-refractivity contribution in [2.24, 2.45) is 0 Å². The number of hydrogen-bond acceptors (Lipinski definition) is 5. The Balaban J connectivity index is 2.36. The quantitative estimate of drug-likeness (QED) is 0.558. The average molecular weight is 269 g/mol. The van der Waals surface area contributed by atoms with E-state index in [1.165, 1.54) is 0 Å². The smallest absolute Gasteiger partial charge is 0.187 e. The molecule has 0 saturated heterocycles. The first-order chi connectivity index (χ1) is 8.59. The van der Waals surface area contributed by atoms with Gasteiger partial charge in [0.1, 0.15) is 0 Å². The number of rotatable bonds is 8. The second-order valence-corrected chi connectivity index (χ2v) is 5.85. The first-order valence-corrected chi connectivity index (χ1v) is 7.35. The number of aromatic nitrogens is 2. The Labute approximate surface area is 114 Å². The Kier molecular flexibility index (Phi) is 6.60. The van der Waals surface area contributed by atoms with Crippen LogP contribution in [0.2, 0.25) is 0 Å². The van der Waals surface area contributed by atoms with Gasteiger partial charge in [-0.25, -0.2) is 9.97 Å². The summed E-state index contributed by atoms with van der Waals surface area (Å²) in [5.74, 6) is 0.900. The van der Waals surface area contributed by atoms with Crippen LogP contribution in [0.25, 0.3) is 0 Å². The normalized spacial score (nSPS) is 14.4. The number of aliphatic hydroxyl groups excluding tert-OH is 1. The molecule has 0 aromatic carbocycles. The van der Waals surface area contributed by atoms with Crippen LogP contribution in [0, 0.1) is 6.92 Å². The maximum Gasteiger partial charge on any atom is 0.187 e. The number of aryl methyl sites for hydroxylation is 1. The summed E-state index contributed by atoms with van der Waals surface area (Å²) in [4.78, 5) is 8.51. The van der Waals surface area contributed by atoms with E-state index in [4.69, 9.17) is 0 Å². The molecule has 5 heteroatoms. The molecule has 1 heterocycles. The third kappa shape index (κ3) is 5.33. The number of aliphatic hydroxyl groups is 1. The topological polar surface area (TPSA) is 58.0 Å². The molecule has 0 fully saturated rings. The molecule has 2 N–H and O–H groups in total. The van der Waals surface area contributed by atoms with Crippen LogP contribution in [-0.2, 0) is 0 Å². The number of hydrogen-bond donors (Lipinski definition) is 2. The van der Waals surface area contributed by atoms with Crippen molar-refractivity contribution in [1.29, 1.82) is 0 Å². The van der Waals surface area contributed by atoms with E-state index in [0.29, 0.717) is 0 Å². The van der Waals surface area contributed by atoms with Crippen molar-refractivity contribution in [3.63, 3.8) is 0 Å². The molecule has 1 aromatic rings. The van der Waals surface area contributed by atoms with Crippen molar-refractivity contribution in [3.8, 4) is 0 Å². The lowest BCUT2D eigenvalue weighted by atomic mass is 10.0. The molecule has 0 amide bonds. The molecule has 0 aliphatic carbocycles. The minimum atomic E-state index is -0.201. The van der Waals surface area contributed by atoms with Crippen molar-refractivity contribution in [3.05, 3.63) is 18.0 Å². The van der Waals surface area contributed by atoms with E-state index in [2.05, 4.69) is 29.1 Å². The molecule has 0 bridgehead atoms. The fraction of sp³-hybridized carbons (Fsp3) is 0.692. The highest BCUT2D eigenvalue weighted by Crippen LogP contribution is 2.18. The average Bonchev–Trinajstić information content (AvgIpc) is 2.39. The lowest BCUT2D eigenvalue weighted by Crippen LogP contribution is -2.46. The molecule has 0 aliphatic heterocycles. The van der Waals surface area contributed by atoms with E-state index in [9.17, 15) is 5.11 Å². The van der Waals surface area contributed by atoms with Crippen molar-refractivity contribution < 1.29 is 5.11 Å². The molecule has 1 aromatic heterocycles. The van der Waals surface area contributed by atoms with E-state index in [1.54, 1.807) is 11.8 Å². The van der Waals surface area contributed by atoms with Gasteiger partial charge in [0.2, 0.25) is 0 Å². The van der Waals surface area contributed by atoms with Gasteiger partial charge in [0, 0.05) is 23.7 Å². The monoisotopic (exact) mass is 269 g/mol. The summed E-state index contributed by atoms with van der Waals surface area (Å²) in [5, 5.41) is 13.6. The molecule has 1 unspecified atom stereocenters. The molecule has 0 radical (unpaired) electrons. The molecule has 0 saturated carbocycles. The maximum absolute atomic E-state index is 9.44. The highest BCUT2D eigenvalue weighted by Gasteiger charge is 2.21. The van der Waals surface area contributed by atoms with Crippen LogP contribution in [0.5, 0.6) is 0 Å². The summed E-state index contributed by atoms with van der Waals surface area (Å²) in [6.07, 6.45) is 5.63. The van der Waals surface area contributed by atoms with E-state index < -0.39 is 0 Å². The SMILES string of the molecule is CCCNC(C)(CO)CCSc1ncc(C)cn1. The Bertz CT molecular complexity index is 345. The highest BCUT2D eigenvalue weighted by atomic mass is 32.2. The largest absolute Gasteiger partial charge is 0.394 e. The van der Waals surface area contributed by atoms with Gasteiger partial charge in [-0.1, -0.05) is 18.7 Å². The molecule has 0 aliphatic rings. The van der Waals surface area contributed by atoms with Gasteiger partial charge in [-0.05, 0) is 38.8 Å². The van der Waals surface area contributed by atoms with Crippen LogP contribution >= 0.6 is 11.8 Å². The van der Waals surface area contributed by atoms with Gasteiger partial charge in [-0.3, -0.25) is 0 Å². The summed E-state index contributed by atoms with van der Waals surface area (Å²) in [6.45, 7) is 7.25. The Morgan fingerprint density at radius 1 is 1.39 bits per heavy atom. The zero-order valence-electron chi connectivity index (χ0n) is 11.4. The third-order valence-corrected chi connectivity index (χ3v) is 3.67. The van der Waals surface area contributed by atoms with Crippen LogP contribution in [0.1, 0.15) is 32.3 Å². The standard InChI is InChI=1S/C13H23N3OS/c1-4-6-16-13(3,10-17)5-7-18-12-14-8-11(2)9-15-12/h8-9,16-17H,4-7,10H2,1-3H3. The lowest BCUT2D eigenvalue weighted by molar-refractivity contribution is 0.171. The summed E-state index contributed by atoms with van der Waals surface area (Å²) in [7, 11) is 0. The van der Waals surface area contributed by atoms with E-state index >= 15 is 0 Å². The minimum Gasteiger partial charge on any atom is -0.394 e. The minimum absolute atomic E-state index is 0.155. The van der Waals surface area contributed by atoms with Gasteiger partial charge in [-0.15, -0.1) is 0 Å². The number of nitrogens with one attached hydrogen (secondary N) is 1. The van der Waals surface area contributed by atoms with Crippen molar-refractivity contribution in [2.75, 3.05) is 18.9 Å². The predicted molar refractivity (Wildman–Crippen MR) is 75.9 cm³/mol. The predicted octanol–water partition coefficient (Wildman–Crippen LogP) is 2.02. The van der Waals surface area contributed by atoms with Crippen molar-refractivity contribution >= 4 is 11.8 Å². The molecule has 1 atom stereocenters. The van der Waals surface area contributed by atoms with Crippen LogP contribution in [0.3, 0.4) is 0 Å².